The van der Waals surface area contributed by atoms with Gasteiger partial charge in [0, 0.05) is 43.1 Å². The SMILES string of the molecule is NC1Cc2ccccc2N(CCc2ccccn2)C1. The molecule has 0 radical (unpaired) electrons. The van der Waals surface area contributed by atoms with Crippen molar-refractivity contribution in [2.45, 2.75) is 18.9 Å². The van der Waals surface area contributed by atoms with Crippen LogP contribution in [0.3, 0.4) is 0 Å². The molecule has 2 heterocycles. The minimum atomic E-state index is 0.235. The van der Waals surface area contributed by atoms with E-state index in [1.807, 2.05) is 18.3 Å². The second-order valence-corrected chi connectivity index (χ2v) is 5.11. The van der Waals surface area contributed by atoms with E-state index in [-0.39, 0.29) is 6.04 Å². The topological polar surface area (TPSA) is 42.1 Å². The Morgan fingerprint density at radius 2 is 2.00 bits per heavy atom. The zero-order chi connectivity index (χ0) is 13.1. The lowest BCUT2D eigenvalue weighted by Gasteiger charge is -2.34. The van der Waals surface area contributed by atoms with Gasteiger partial charge >= 0.3 is 0 Å². The van der Waals surface area contributed by atoms with Crippen molar-refractivity contribution in [3.8, 4) is 0 Å². The van der Waals surface area contributed by atoms with Gasteiger partial charge in [0.15, 0.2) is 0 Å². The Hall–Kier alpha value is -1.87. The number of nitrogens with two attached hydrogens (primary N) is 1. The summed E-state index contributed by atoms with van der Waals surface area (Å²) in [7, 11) is 0. The van der Waals surface area contributed by atoms with Crippen LogP contribution in [-0.4, -0.2) is 24.1 Å². The van der Waals surface area contributed by atoms with Gasteiger partial charge in [-0.15, -0.1) is 0 Å². The van der Waals surface area contributed by atoms with Crippen molar-refractivity contribution in [2.24, 2.45) is 5.73 Å². The first-order valence-electron chi connectivity index (χ1n) is 6.81. The molecule has 0 fully saturated rings. The van der Waals surface area contributed by atoms with Gasteiger partial charge in [0.2, 0.25) is 0 Å². The van der Waals surface area contributed by atoms with Crippen LogP contribution in [0.15, 0.2) is 48.7 Å². The van der Waals surface area contributed by atoms with E-state index < -0.39 is 0 Å². The summed E-state index contributed by atoms with van der Waals surface area (Å²) in [5.74, 6) is 0. The molecular formula is C16H19N3. The zero-order valence-corrected chi connectivity index (χ0v) is 11.0. The minimum absolute atomic E-state index is 0.235. The number of hydrogen-bond acceptors (Lipinski definition) is 3. The highest BCUT2D eigenvalue weighted by Gasteiger charge is 2.21. The van der Waals surface area contributed by atoms with Gasteiger partial charge in [0.05, 0.1) is 0 Å². The second-order valence-electron chi connectivity index (χ2n) is 5.11. The van der Waals surface area contributed by atoms with Gasteiger partial charge in [-0.1, -0.05) is 24.3 Å². The summed E-state index contributed by atoms with van der Waals surface area (Å²) in [5.41, 5.74) is 9.99. The van der Waals surface area contributed by atoms with Crippen LogP contribution in [0.4, 0.5) is 5.69 Å². The van der Waals surface area contributed by atoms with Gasteiger partial charge in [-0.25, -0.2) is 0 Å². The Kier molecular flexibility index (Phi) is 3.47. The normalized spacial score (nSPS) is 18.2. The molecule has 3 heteroatoms. The van der Waals surface area contributed by atoms with Crippen molar-refractivity contribution in [3.63, 3.8) is 0 Å². The average molecular weight is 253 g/mol. The Bertz CT molecular complexity index is 539. The average Bonchev–Trinajstić information content (AvgIpc) is 2.45. The van der Waals surface area contributed by atoms with Crippen LogP contribution in [0, 0.1) is 0 Å². The van der Waals surface area contributed by atoms with Gasteiger partial charge in [0.1, 0.15) is 0 Å². The standard InChI is InChI=1S/C16H19N3/c17-14-11-13-5-1-2-7-16(13)19(12-14)10-8-15-6-3-4-9-18-15/h1-7,9,14H,8,10-12,17H2. The molecule has 0 bridgehead atoms. The van der Waals surface area contributed by atoms with Crippen LogP contribution in [0.25, 0.3) is 0 Å². The molecule has 1 aliphatic rings. The van der Waals surface area contributed by atoms with E-state index in [1.54, 1.807) is 0 Å². The van der Waals surface area contributed by atoms with E-state index >= 15 is 0 Å². The quantitative estimate of drug-likeness (QED) is 0.910. The van der Waals surface area contributed by atoms with E-state index in [9.17, 15) is 0 Å². The molecule has 0 saturated carbocycles. The fourth-order valence-electron chi connectivity index (χ4n) is 2.73. The number of benzene rings is 1. The third-order valence-electron chi connectivity index (χ3n) is 3.63. The Morgan fingerprint density at radius 3 is 2.84 bits per heavy atom. The molecule has 1 aliphatic heterocycles. The van der Waals surface area contributed by atoms with Crippen molar-refractivity contribution >= 4 is 5.69 Å². The molecule has 1 aromatic carbocycles. The smallest absolute Gasteiger partial charge is 0.0421 e. The van der Waals surface area contributed by atoms with E-state index in [2.05, 4.69) is 40.2 Å². The molecule has 0 amide bonds. The van der Waals surface area contributed by atoms with Crippen LogP contribution >= 0.6 is 0 Å². The maximum atomic E-state index is 6.15. The highest BCUT2D eigenvalue weighted by molar-refractivity contribution is 5.56. The summed E-state index contributed by atoms with van der Waals surface area (Å²) in [4.78, 5) is 6.77. The molecule has 19 heavy (non-hydrogen) atoms. The van der Waals surface area contributed by atoms with E-state index in [0.29, 0.717) is 0 Å². The molecule has 1 aromatic heterocycles. The number of para-hydroxylation sites is 1. The number of rotatable bonds is 3. The predicted molar refractivity (Wildman–Crippen MR) is 78.3 cm³/mol. The fourth-order valence-corrected chi connectivity index (χ4v) is 2.73. The van der Waals surface area contributed by atoms with Gasteiger partial charge in [-0.2, -0.15) is 0 Å². The van der Waals surface area contributed by atoms with Crippen molar-refractivity contribution in [2.75, 3.05) is 18.0 Å². The lowest BCUT2D eigenvalue weighted by molar-refractivity contribution is 0.597. The first-order valence-corrected chi connectivity index (χ1v) is 6.81. The Labute approximate surface area is 114 Å². The van der Waals surface area contributed by atoms with Gasteiger partial charge in [0.25, 0.3) is 0 Å². The number of aromatic nitrogens is 1. The molecule has 2 N–H and O–H groups in total. The molecular weight excluding hydrogens is 234 g/mol. The fraction of sp³-hybridized carbons (Fsp3) is 0.312. The van der Waals surface area contributed by atoms with Crippen LogP contribution in [-0.2, 0) is 12.8 Å². The maximum absolute atomic E-state index is 6.15. The highest BCUT2D eigenvalue weighted by Crippen LogP contribution is 2.26. The highest BCUT2D eigenvalue weighted by atomic mass is 15.2. The third kappa shape index (κ3) is 2.76. The summed E-state index contributed by atoms with van der Waals surface area (Å²) >= 11 is 0. The summed E-state index contributed by atoms with van der Waals surface area (Å²) in [6, 6.07) is 14.9. The van der Waals surface area contributed by atoms with Crippen LogP contribution < -0.4 is 10.6 Å². The summed E-state index contributed by atoms with van der Waals surface area (Å²) in [6.07, 6.45) is 3.80. The second kappa shape index (κ2) is 5.41. The number of hydrogen-bond donors (Lipinski definition) is 1. The molecule has 1 atom stereocenters. The van der Waals surface area contributed by atoms with Crippen LogP contribution in [0.1, 0.15) is 11.3 Å². The minimum Gasteiger partial charge on any atom is -0.369 e. The molecule has 0 saturated heterocycles. The summed E-state index contributed by atoms with van der Waals surface area (Å²) in [6.45, 7) is 1.91. The van der Waals surface area contributed by atoms with E-state index in [4.69, 9.17) is 5.73 Å². The largest absolute Gasteiger partial charge is 0.369 e. The first-order chi connectivity index (χ1) is 9.33. The molecule has 0 aliphatic carbocycles. The molecule has 0 spiro atoms. The van der Waals surface area contributed by atoms with Crippen molar-refractivity contribution < 1.29 is 0 Å². The van der Waals surface area contributed by atoms with E-state index in [0.717, 1.165) is 31.6 Å². The maximum Gasteiger partial charge on any atom is 0.0421 e. The van der Waals surface area contributed by atoms with Crippen molar-refractivity contribution in [1.29, 1.82) is 0 Å². The van der Waals surface area contributed by atoms with Gasteiger partial charge < -0.3 is 10.6 Å². The lowest BCUT2D eigenvalue weighted by atomic mass is 9.98. The zero-order valence-electron chi connectivity index (χ0n) is 11.0. The number of nitrogens with zero attached hydrogens (tertiary/aromatic N) is 2. The van der Waals surface area contributed by atoms with Crippen LogP contribution in [0.2, 0.25) is 0 Å². The number of anilines is 1. The summed E-state index contributed by atoms with van der Waals surface area (Å²) < 4.78 is 0. The van der Waals surface area contributed by atoms with Crippen molar-refractivity contribution in [1.82, 2.24) is 4.98 Å². The molecule has 3 rings (SSSR count). The third-order valence-corrected chi connectivity index (χ3v) is 3.63. The monoisotopic (exact) mass is 253 g/mol. The molecule has 98 valence electrons. The number of pyridine rings is 1. The van der Waals surface area contributed by atoms with Gasteiger partial charge in [-0.3, -0.25) is 4.98 Å². The molecule has 1 unspecified atom stereocenters. The first kappa shape index (κ1) is 12.2. The number of fused-ring (bicyclic) bond motifs is 1. The summed E-state index contributed by atoms with van der Waals surface area (Å²) in [5, 5.41) is 0. The lowest BCUT2D eigenvalue weighted by Crippen LogP contribution is -2.44. The predicted octanol–water partition coefficient (Wildman–Crippen LogP) is 2.01. The van der Waals surface area contributed by atoms with Crippen molar-refractivity contribution in [3.05, 3.63) is 59.9 Å². The molecule has 2 aromatic rings. The molecule has 3 nitrogen and oxygen atoms in total. The Morgan fingerprint density at radius 1 is 1.16 bits per heavy atom. The Balaban J connectivity index is 1.74. The van der Waals surface area contributed by atoms with E-state index in [1.165, 1.54) is 11.3 Å². The van der Waals surface area contributed by atoms with Gasteiger partial charge in [-0.05, 0) is 30.2 Å². The van der Waals surface area contributed by atoms with Crippen LogP contribution in [0.5, 0.6) is 0 Å².